The van der Waals surface area contributed by atoms with Gasteiger partial charge in [0.1, 0.15) is 11.5 Å². The molecule has 0 bridgehead atoms. The lowest BCUT2D eigenvalue weighted by atomic mass is 10.0. The van der Waals surface area contributed by atoms with Crippen LogP contribution in [0.4, 0.5) is 0 Å². The van der Waals surface area contributed by atoms with Crippen molar-refractivity contribution in [2.24, 2.45) is 0 Å². The molecule has 2 aromatic carbocycles. The topological polar surface area (TPSA) is 132 Å². The third-order valence-corrected chi connectivity index (χ3v) is 6.25. The van der Waals surface area contributed by atoms with Crippen molar-refractivity contribution in [3.63, 3.8) is 0 Å². The molecule has 2 rings (SSSR count). The zero-order valence-electron chi connectivity index (χ0n) is 25.0. The normalized spacial score (nSPS) is 11.6. The Balaban J connectivity index is 1.94. The highest BCUT2D eigenvalue weighted by atomic mass is 16.5. The fourth-order valence-electron chi connectivity index (χ4n) is 4.05. The van der Waals surface area contributed by atoms with Gasteiger partial charge >= 0.3 is 5.97 Å². The molecule has 41 heavy (non-hydrogen) atoms. The number of carbonyl (C=O) groups excluding carboxylic acids is 2. The largest absolute Gasteiger partial charge is 0.484 e. The Morgan fingerprint density at radius 1 is 0.707 bits per heavy atom. The zero-order chi connectivity index (χ0) is 30.5. The maximum absolute atomic E-state index is 12.3. The predicted molar refractivity (Wildman–Crippen MR) is 156 cm³/mol. The van der Waals surface area contributed by atoms with Crippen molar-refractivity contribution in [3.05, 3.63) is 48.0 Å². The van der Waals surface area contributed by atoms with Gasteiger partial charge in [0, 0.05) is 26.3 Å². The fraction of sp³-hybridized carbons (Fsp3) is 0.516. The summed E-state index contributed by atoms with van der Waals surface area (Å²) in [6.45, 7) is 13.5. The molecule has 0 unspecified atom stereocenters. The number of rotatable bonds is 18. The van der Waals surface area contributed by atoms with E-state index in [2.05, 4.69) is 10.6 Å². The number of benzene rings is 2. The van der Waals surface area contributed by atoms with E-state index >= 15 is 0 Å². The summed E-state index contributed by atoms with van der Waals surface area (Å²) in [5, 5.41) is 15.2. The van der Waals surface area contributed by atoms with E-state index in [4.69, 9.17) is 18.9 Å². The molecule has 10 nitrogen and oxygen atoms in total. The number of aromatic carboxylic acids is 1. The first-order valence-corrected chi connectivity index (χ1v) is 13.9. The highest BCUT2D eigenvalue weighted by Gasteiger charge is 2.19. The summed E-state index contributed by atoms with van der Waals surface area (Å²) in [7, 11) is 0. The van der Waals surface area contributed by atoms with Crippen LogP contribution < -0.4 is 20.1 Å². The zero-order valence-corrected chi connectivity index (χ0v) is 25.0. The van der Waals surface area contributed by atoms with Crippen molar-refractivity contribution < 1.29 is 38.4 Å². The lowest BCUT2D eigenvalue weighted by Gasteiger charge is -2.24. The van der Waals surface area contributed by atoms with E-state index in [0.717, 1.165) is 5.56 Å². The molecule has 0 aromatic heterocycles. The van der Waals surface area contributed by atoms with E-state index in [1.165, 1.54) is 12.1 Å². The van der Waals surface area contributed by atoms with Gasteiger partial charge in [-0.25, -0.2) is 4.79 Å². The van der Waals surface area contributed by atoms with Gasteiger partial charge in [0.25, 0.3) is 11.8 Å². The second kappa shape index (κ2) is 16.0. The van der Waals surface area contributed by atoms with E-state index in [0.29, 0.717) is 50.5 Å². The Bertz CT molecular complexity index is 1150. The van der Waals surface area contributed by atoms with Crippen LogP contribution in [-0.2, 0) is 19.1 Å². The highest BCUT2D eigenvalue weighted by molar-refractivity contribution is 5.90. The minimum absolute atomic E-state index is 0.0286. The SMILES string of the molecule is CCOC(C)(C)CCNC(=O)COc1ccc(-c2cc(OCC(=O)NCCC(C)(C)OCC)cc(C(=O)O)c2)cc1. The number of ether oxygens (including phenoxy) is 4. The van der Waals surface area contributed by atoms with Gasteiger partial charge in [-0.1, -0.05) is 12.1 Å². The van der Waals surface area contributed by atoms with Crippen molar-refractivity contribution in [3.8, 4) is 22.6 Å². The fourth-order valence-corrected chi connectivity index (χ4v) is 4.05. The molecule has 3 N–H and O–H groups in total. The molecule has 0 heterocycles. The maximum atomic E-state index is 12.3. The first kappa shape index (κ1) is 33.6. The van der Waals surface area contributed by atoms with Crippen LogP contribution in [0.15, 0.2) is 42.5 Å². The lowest BCUT2D eigenvalue weighted by Crippen LogP contribution is -2.35. The maximum Gasteiger partial charge on any atom is 0.335 e. The van der Waals surface area contributed by atoms with Crippen LogP contribution in [0.25, 0.3) is 11.1 Å². The number of carboxylic acids is 1. The lowest BCUT2D eigenvalue weighted by molar-refractivity contribution is -0.124. The monoisotopic (exact) mass is 572 g/mol. The highest BCUT2D eigenvalue weighted by Crippen LogP contribution is 2.28. The summed E-state index contributed by atoms with van der Waals surface area (Å²) in [5.74, 6) is -0.916. The molecule has 0 aliphatic carbocycles. The molecule has 0 aliphatic rings. The minimum atomic E-state index is -1.12. The van der Waals surface area contributed by atoms with Crippen LogP contribution in [0, 0.1) is 0 Å². The van der Waals surface area contributed by atoms with Crippen LogP contribution in [0.1, 0.15) is 64.7 Å². The molecular weight excluding hydrogens is 528 g/mol. The molecule has 2 amide bonds. The third-order valence-electron chi connectivity index (χ3n) is 6.25. The van der Waals surface area contributed by atoms with Crippen LogP contribution in [0.5, 0.6) is 11.5 Å². The molecule has 0 spiro atoms. The first-order valence-electron chi connectivity index (χ1n) is 13.9. The Morgan fingerprint density at radius 2 is 1.20 bits per heavy atom. The van der Waals surface area contributed by atoms with Crippen molar-refractivity contribution in [1.82, 2.24) is 10.6 Å². The first-order chi connectivity index (χ1) is 19.3. The average molecular weight is 573 g/mol. The van der Waals surface area contributed by atoms with Gasteiger partial charge < -0.3 is 34.7 Å². The second-order valence-corrected chi connectivity index (χ2v) is 10.7. The number of nitrogens with one attached hydrogen (secondary N) is 2. The van der Waals surface area contributed by atoms with Crippen molar-refractivity contribution >= 4 is 17.8 Å². The summed E-state index contributed by atoms with van der Waals surface area (Å²) < 4.78 is 22.5. The average Bonchev–Trinajstić information content (AvgIpc) is 2.90. The van der Waals surface area contributed by atoms with E-state index < -0.39 is 5.97 Å². The molecule has 0 atom stereocenters. The van der Waals surface area contributed by atoms with Crippen LogP contribution >= 0.6 is 0 Å². The van der Waals surface area contributed by atoms with E-state index in [-0.39, 0.29) is 47.5 Å². The second-order valence-electron chi connectivity index (χ2n) is 10.7. The third kappa shape index (κ3) is 12.6. The van der Waals surface area contributed by atoms with E-state index in [1.54, 1.807) is 30.3 Å². The Morgan fingerprint density at radius 3 is 1.66 bits per heavy atom. The Kier molecular flexibility index (Phi) is 13.1. The number of carbonyl (C=O) groups is 3. The number of amides is 2. The molecule has 226 valence electrons. The van der Waals surface area contributed by atoms with Gasteiger partial charge in [-0.3, -0.25) is 9.59 Å². The molecule has 0 saturated heterocycles. The van der Waals surface area contributed by atoms with Gasteiger partial charge in [-0.2, -0.15) is 0 Å². The Hall–Kier alpha value is -3.63. The van der Waals surface area contributed by atoms with E-state index in [1.807, 2.05) is 41.5 Å². The number of carboxylic acid groups (broad SMARTS) is 1. The summed E-state index contributed by atoms with van der Waals surface area (Å²) >= 11 is 0. The standard InChI is InChI=1S/C31H44N2O8/c1-7-40-30(3,4)13-15-32-27(34)20-38-25-11-9-22(10-12-25)23-17-24(29(36)37)19-26(18-23)39-21-28(35)33-16-14-31(5,6)41-8-2/h9-12,17-19H,7-8,13-16,20-21H2,1-6H3,(H,32,34)(H,33,35)(H,36,37). The molecule has 0 fully saturated rings. The summed E-state index contributed by atoms with van der Waals surface area (Å²) in [6, 6.07) is 11.5. The van der Waals surface area contributed by atoms with E-state index in [9.17, 15) is 19.5 Å². The molecule has 2 aromatic rings. The van der Waals surface area contributed by atoms with Crippen molar-refractivity contribution in [1.29, 1.82) is 0 Å². The Labute approximate surface area is 242 Å². The van der Waals surface area contributed by atoms with Gasteiger partial charge in [0.05, 0.1) is 16.8 Å². The predicted octanol–water partition coefficient (Wildman–Crippen LogP) is 4.45. The molecule has 0 radical (unpaired) electrons. The molecule has 0 saturated carbocycles. The van der Waals surface area contributed by atoms with Crippen LogP contribution in [-0.4, -0.2) is 73.6 Å². The van der Waals surface area contributed by atoms with Gasteiger partial charge in [-0.05, 0) is 95.8 Å². The molecule has 0 aliphatic heterocycles. The number of hydrogen-bond donors (Lipinski definition) is 3. The summed E-state index contributed by atoms with van der Waals surface area (Å²) in [5.41, 5.74) is 0.688. The van der Waals surface area contributed by atoms with Gasteiger partial charge in [0.2, 0.25) is 0 Å². The van der Waals surface area contributed by atoms with Crippen molar-refractivity contribution in [2.75, 3.05) is 39.5 Å². The van der Waals surface area contributed by atoms with Crippen LogP contribution in [0.2, 0.25) is 0 Å². The van der Waals surface area contributed by atoms with Crippen molar-refractivity contribution in [2.45, 2.75) is 65.6 Å². The quantitative estimate of drug-likeness (QED) is 0.239. The summed E-state index contributed by atoms with van der Waals surface area (Å²) in [4.78, 5) is 36.1. The van der Waals surface area contributed by atoms with Crippen LogP contribution in [0.3, 0.4) is 0 Å². The summed E-state index contributed by atoms with van der Waals surface area (Å²) in [6.07, 6.45) is 1.32. The smallest absolute Gasteiger partial charge is 0.335 e. The van der Waals surface area contributed by atoms with Gasteiger partial charge in [0.15, 0.2) is 13.2 Å². The molecular formula is C31H44N2O8. The minimum Gasteiger partial charge on any atom is -0.484 e. The molecule has 10 heteroatoms. The number of hydrogen-bond acceptors (Lipinski definition) is 7. The van der Waals surface area contributed by atoms with Gasteiger partial charge in [-0.15, -0.1) is 0 Å².